The minimum atomic E-state index is 0. The average molecular weight is 377 g/mol. The molecule has 0 atom stereocenters. The summed E-state index contributed by atoms with van der Waals surface area (Å²) in [6, 6.07) is 2.01. The number of allylic oxidation sites excluding steroid dienone is 3. The van der Waals surface area contributed by atoms with Crippen molar-refractivity contribution in [3.05, 3.63) is 36.0 Å². The molecule has 0 aliphatic heterocycles. The number of rotatable bonds is 0. The van der Waals surface area contributed by atoms with E-state index < -0.39 is 0 Å². The molecule has 1 aliphatic rings. The molecule has 1 aliphatic carbocycles. The van der Waals surface area contributed by atoms with E-state index in [0.717, 1.165) is 0 Å². The topological polar surface area (TPSA) is 23.8 Å². The summed E-state index contributed by atoms with van der Waals surface area (Å²) in [5.74, 6) is 0. The standard InChI is InChI=1S/C7H4N.2BrH.In/c8-6-7-4-2-1-3-5-7;;;/h2-5H;2*1H;/p-2. The number of nitriles is 1. The summed E-state index contributed by atoms with van der Waals surface area (Å²) in [6.07, 6.45) is 6.89. The van der Waals surface area contributed by atoms with E-state index in [1.165, 1.54) is 0 Å². The number of nitrogens with zero attached hydrogens (tertiary/aromatic N) is 1. The largest absolute Gasteiger partial charge is 1.00 e. The van der Waals surface area contributed by atoms with Crippen LogP contribution >= 0.6 is 0 Å². The molecule has 0 spiro atoms. The first kappa shape index (κ1) is 17.6. The molecule has 56 valence electrons. The van der Waals surface area contributed by atoms with Gasteiger partial charge >= 0.3 is 0 Å². The first-order chi connectivity index (χ1) is 3.93. The molecule has 4 radical (unpaired) electrons. The van der Waals surface area contributed by atoms with Crippen LogP contribution in [0.2, 0.25) is 0 Å². The predicted octanol–water partition coefficient (Wildman–Crippen LogP) is -5.01. The Kier molecular flexibility index (Phi) is 16.9. The third-order valence-corrected chi connectivity index (χ3v) is 0.847. The van der Waals surface area contributed by atoms with Gasteiger partial charge in [0.05, 0.1) is 6.07 Å². The maximum absolute atomic E-state index is 8.27. The Balaban J connectivity index is -0.000000213. The Labute approximate surface area is 106 Å². The van der Waals surface area contributed by atoms with Crippen LogP contribution in [0.25, 0.3) is 0 Å². The first-order valence-electron chi connectivity index (χ1n) is 2.29. The van der Waals surface area contributed by atoms with Gasteiger partial charge in [-0.15, -0.1) is 5.73 Å². The van der Waals surface area contributed by atoms with Crippen molar-refractivity contribution in [1.82, 2.24) is 0 Å². The van der Waals surface area contributed by atoms with Gasteiger partial charge in [-0.1, -0.05) is 0 Å². The molecule has 1 nitrogen and oxygen atoms in total. The van der Waals surface area contributed by atoms with Gasteiger partial charge in [-0.05, 0) is 18.2 Å². The van der Waals surface area contributed by atoms with Gasteiger partial charge in [-0.25, -0.2) is 0 Å². The SMILES string of the molecule is N#CC1=CC=C=C[CH]1.[Br-].[Br-].[In]. The second kappa shape index (κ2) is 10.6. The van der Waals surface area contributed by atoms with Gasteiger partial charge in [0.2, 0.25) is 0 Å². The van der Waals surface area contributed by atoms with Crippen molar-refractivity contribution in [3.63, 3.8) is 0 Å². The summed E-state index contributed by atoms with van der Waals surface area (Å²) in [6.45, 7) is 0. The third-order valence-electron chi connectivity index (χ3n) is 0.847. The summed E-state index contributed by atoms with van der Waals surface area (Å²) in [4.78, 5) is 0. The fraction of sp³-hybridized carbons (Fsp3) is 0. The Bertz CT molecular complexity index is 221. The summed E-state index contributed by atoms with van der Waals surface area (Å²) in [5.41, 5.74) is 3.50. The van der Waals surface area contributed by atoms with Gasteiger partial charge in [0.1, 0.15) is 0 Å². The number of hydrogen-bond acceptors (Lipinski definition) is 1. The van der Waals surface area contributed by atoms with Crippen molar-refractivity contribution in [3.8, 4) is 6.07 Å². The van der Waals surface area contributed by atoms with Crippen LogP contribution in [0.5, 0.6) is 0 Å². The molecule has 0 fully saturated rings. The van der Waals surface area contributed by atoms with Crippen LogP contribution in [0.3, 0.4) is 0 Å². The normalized spacial score (nSPS) is 11.0. The van der Waals surface area contributed by atoms with Crippen LogP contribution in [0.4, 0.5) is 0 Å². The van der Waals surface area contributed by atoms with Crippen LogP contribution in [0.1, 0.15) is 0 Å². The molecular formula is C7H4Br2InN-2. The van der Waals surface area contributed by atoms with E-state index in [1.807, 2.05) is 6.07 Å². The fourth-order valence-electron chi connectivity index (χ4n) is 0.461. The maximum Gasteiger partial charge on any atom is 0.0954 e. The van der Waals surface area contributed by atoms with Crippen molar-refractivity contribution < 1.29 is 34.0 Å². The van der Waals surface area contributed by atoms with Crippen molar-refractivity contribution in [1.29, 1.82) is 5.26 Å². The monoisotopic (exact) mass is 375 g/mol. The molecule has 4 heteroatoms. The zero-order chi connectivity index (χ0) is 5.82. The molecule has 11 heavy (non-hydrogen) atoms. The smallest absolute Gasteiger partial charge is 0.0954 e. The van der Waals surface area contributed by atoms with Crippen LogP contribution in [-0.4, -0.2) is 25.8 Å². The van der Waals surface area contributed by atoms with E-state index in [1.54, 1.807) is 24.6 Å². The van der Waals surface area contributed by atoms with Gasteiger partial charge in [-0.3, -0.25) is 0 Å². The van der Waals surface area contributed by atoms with Gasteiger partial charge in [0.15, 0.2) is 0 Å². The molecule has 0 amide bonds. The van der Waals surface area contributed by atoms with Gasteiger partial charge < -0.3 is 34.0 Å². The average Bonchev–Trinajstić information content (AvgIpc) is 1.90. The summed E-state index contributed by atoms with van der Waals surface area (Å²) < 4.78 is 0. The molecular weight excluding hydrogens is 373 g/mol. The van der Waals surface area contributed by atoms with E-state index in [9.17, 15) is 0 Å². The van der Waals surface area contributed by atoms with E-state index in [-0.39, 0.29) is 59.8 Å². The van der Waals surface area contributed by atoms with Gasteiger partial charge in [0, 0.05) is 37.8 Å². The number of hydrogen-bond donors (Lipinski definition) is 0. The van der Waals surface area contributed by atoms with Crippen molar-refractivity contribution >= 4 is 25.8 Å². The Morgan fingerprint density at radius 2 is 1.91 bits per heavy atom. The molecule has 0 saturated carbocycles. The minimum absolute atomic E-state index is 0. The molecule has 0 aromatic carbocycles. The molecule has 0 aromatic rings. The molecule has 0 heterocycles. The van der Waals surface area contributed by atoms with E-state index in [2.05, 4.69) is 5.73 Å². The summed E-state index contributed by atoms with van der Waals surface area (Å²) >= 11 is 0. The van der Waals surface area contributed by atoms with Crippen LogP contribution in [0, 0.1) is 17.8 Å². The number of halogens is 2. The fourth-order valence-corrected chi connectivity index (χ4v) is 0.461. The predicted molar refractivity (Wildman–Crippen MR) is 36.4 cm³/mol. The molecule has 0 bridgehead atoms. The van der Waals surface area contributed by atoms with Crippen LogP contribution < -0.4 is 34.0 Å². The molecule has 0 saturated heterocycles. The Morgan fingerprint density at radius 3 is 2.18 bits per heavy atom. The molecule has 0 N–H and O–H groups in total. The molecule has 0 unspecified atom stereocenters. The van der Waals surface area contributed by atoms with Crippen LogP contribution in [-0.2, 0) is 0 Å². The zero-order valence-electron chi connectivity index (χ0n) is 5.59. The molecule has 1 rings (SSSR count). The van der Waals surface area contributed by atoms with Crippen LogP contribution in [0.15, 0.2) is 29.5 Å². The van der Waals surface area contributed by atoms with E-state index in [4.69, 9.17) is 5.26 Å². The summed E-state index contributed by atoms with van der Waals surface area (Å²) in [7, 11) is 0. The maximum atomic E-state index is 8.27. The summed E-state index contributed by atoms with van der Waals surface area (Å²) in [5, 5.41) is 8.27. The Morgan fingerprint density at radius 1 is 1.27 bits per heavy atom. The van der Waals surface area contributed by atoms with Crippen molar-refractivity contribution in [2.24, 2.45) is 0 Å². The third kappa shape index (κ3) is 6.96. The zero-order valence-corrected chi connectivity index (χ0v) is 12.1. The second-order valence-electron chi connectivity index (χ2n) is 1.40. The van der Waals surface area contributed by atoms with E-state index in [0.29, 0.717) is 5.57 Å². The van der Waals surface area contributed by atoms with Crippen molar-refractivity contribution in [2.45, 2.75) is 0 Å². The Hall–Kier alpha value is 0.580. The quantitative estimate of drug-likeness (QED) is 0.389. The molecule has 0 aromatic heterocycles. The van der Waals surface area contributed by atoms with Crippen molar-refractivity contribution in [2.75, 3.05) is 0 Å². The second-order valence-corrected chi connectivity index (χ2v) is 1.40. The van der Waals surface area contributed by atoms with E-state index >= 15 is 0 Å². The van der Waals surface area contributed by atoms with Gasteiger partial charge in [0.25, 0.3) is 0 Å². The first-order valence-corrected chi connectivity index (χ1v) is 2.29. The van der Waals surface area contributed by atoms with Gasteiger partial charge in [-0.2, -0.15) is 5.26 Å². The minimum Gasteiger partial charge on any atom is -1.00 e.